The molecule has 0 unspecified atom stereocenters. The predicted octanol–water partition coefficient (Wildman–Crippen LogP) is 4.31. The summed E-state index contributed by atoms with van der Waals surface area (Å²) in [5, 5.41) is 8.94. The molecule has 1 amide bonds. The molecular weight excluding hydrogens is 482 g/mol. The third kappa shape index (κ3) is 5.98. The van der Waals surface area contributed by atoms with Crippen molar-refractivity contribution in [2.75, 3.05) is 26.2 Å². The maximum Gasteiger partial charge on any atom is 0.416 e. The second-order valence-electron chi connectivity index (χ2n) is 8.17. The van der Waals surface area contributed by atoms with Gasteiger partial charge in [-0.05, 0) is 41.0 Å². The SMILES string of the molecule is O=C(O)c1coc(CN2CCN(C(=O)/C=C(\c3ccc(F)cc3)c3ccc(C(F)(F)F)cc3)CC2)n1. The first kappa shape index (κ1) is 25.1. The van der Waals surface area contributed by atoms with Gasteiger partial charge in [0, 0.05) is 32.3 Å². The number of halogens is 4. The van der Waals surface area contributed by atoms with Crippen LogP contribution in [-0.2, 0) is 17.5 Å². The minimum Gasteiger partial charge on any atom is -0.476 e. The van der Waals surface area contributed by atoms with Crippen molar-refractivity contribution in [2.45, 2.75) is 12.7 Å². The normalized spacial score (nSPS) is 15.2. The molecule has 0 saturated carbocycles. The Hall–Kier alpha value is -3.99. The topological polar surface area (TPSA) is 86.9 Å². The van der Waals surface area contributed by atoms with Crippen molar-refractivity contribution in [3.8, 4) is 0 Å². The van der Waals surface area contributed by atoms with Gasteiger partial charge in [-0.15, -0.1) is 0 Å². The Morgan fingerprint density at radius 2 is 1.56 bits per heavy atom. The van der Waals surface area contributed by atoms with Crippen LogP contribution >= 0.6 is 0 Å². The summed E-state index contributed by atoms with van der Waals surface area (Å²) in [6, 6.07) is 9.81. The highest BCUT2D eigenvalue weighted by Crippen LogP contribution is 2.31. The van der Waals surface area contributed by atoms with Gasteiger partial charge in [0.1, 0.15) is 12.1 Å². The number of oxazole rings is 1. The van der Waals surface area contributed by atoms with Crippen LogP contribution in [0.15, 0.2) is 65.3 Å². The van der Waals surface area contributed by atoms with Gasteiger partial charge in [-0.3, -0.25) is 9.69 Å². The summed E-state index contributed by atoms with van der Waals surface area (Å²) in [6.45, 7) is 1.99. The number of carbonyl (C=O) groups is 2. The van der Waals surface area contributed by atoms with E-state index >= 15 is 0 Å². The number of aromatic carboxylic acids is 1. The molecule has 3 aromatic rings. The number of carbonyl (C=O) groups excluding carboxylic acids is 1. The number of alkyl halides is 3. The van der Waals surface area contributed by atoms with E-state index in [1.807, 2.05) is 4.90 Å². The predicted molar refractivity (Wildman–Crippen MR) is 120 cm³/mol. The number of hydrogen-bond acceptors (Lipinski definition) is 5. The van der Waals surface area contributed by atoms with E-state index in [0.29, 0.717) is 42.9 Å². The number of aromatic nitrogens is 1. The molecule has 11 heteroatoms. The van der Waals surface area contributed by atoms with Crippen molar-refractivity contribution in [3.05, 3.63) is 95.0 Å². The molecule has 0 radical (unpaired) electrons. The second kappa shape index (κ2) is 10.3. The number of nitrogens with zero attached hydrogens (tertiary/aromatic N) is 3. The van der Waals surface area contributed by atoms with Gasteiger partial charge in [0.25, 0.3) is 0 Å². The fourth-order valence-electron chi connectivity index (χ4n) is 3.82. The average Bonchev–Trinajstić information content (AvgIpc) is 3.32. The summed E-state index contributed by atoms with van der Waals surface area (Å²) in [6.07, 6.45) is -2.08. The molecule has 2 aromatic carbocycles. The third-order valence-electron chi connectivity index (χ3n) is 5.76. The van der Waals surface area contributed by atoms with Crippen LogP contribution in [0.5, 0.6) is 0 Å². The van der Waals surface area contributed by atoms with Gasteiger partial charge in [0.2, 0.25) is 11.8 Å². The van der Waals surface area contributed by atoms with Crippen molar-refractivity contribution in [1.29, 1.82) is 0 Å². The summed E-state index contributed by atoms with van der Waals surface area (Å²) in [7, 11) is 0. The number of piperazine rings is 1. The van der Waals surface area contributed by atoms with E-state index in [1.54, 1.807) is 4.90 Å². The smallest absolute Gasteiger partial charge is 0.416 e. The van der Waals surface area contributed by atoms with Gasteiger partial charge < -0.3 is 14.4 Å². The van der Waals surface area contributed by atoms with E-state index in [9.17, 15) is 27.2 Å². The molecule has 1 aromatic heterocycles. The monoisotopic (exact) mass is 503 g/mol. The highest BCUT2D eigenvalue weighted by Gasteiger charge is 2.30. The molecule has 0 atom stereocenters. The van der Waals surface area contributed by atoms with E-state index in [1.165, 1.54) is 42.5 Å². The lowest BCUT2D eigenvalue weighted by Crippen LogP contribution is -2.47. The maximum absolute atomic E-state index is 13.5. The minimum atomic E-state index is -4.49. The van der Waals surface area contributed by atoms with Crippen LogP contribution in [0.3, 0.4) is 0 Å². The standard InChI is InChI=1S/C25H21F4N3O4/c26-19-7-3-17(4-8-19)20(16-1-5-18(6-2-16)25(27,28)29)13-23(33)32-11-9-31(10-12-32)14-22-30-21(15-36-22)24(34)35/h1-8,13,15H,9-12,14H2,(H,34,35)/b20-13-. The van der Waals surface area contributed by atoms with E-state index < -0.39 is 23.5 Å². The lowest BCUT2D eigenvalue weighted by molar-refractivity contribution is -0.137. The Kier molecular flexibility index (Phi) is 7.20. The van der Waals surface area contributed by atoms with E-state index in [4.69, 9.17) is 9.52 Å². The molecule has 0 spiro atoms. The largest absolute Gasteiger partial charge is 0.476 e. The van der Waals surface area contributed by atoms with Gasteiger partial charge in [-0.25, -0.2) is 14.2 Å². The molecule has 2 heterocycles. The van der Waals surface area contributed by atoms with Gasteiger partial charge in [0.05, 0.1) is 12.1 Å². The zero-order chi connectivity index (χ0) is 25.9. The quantitative estimate of drug-likeness (QED) is 0.399. The first-order chi connectivity index (χ1) is 17.1. The zero-order valence-corrected chi connectivity index (χ0v) is 18.8. The Balaban J connectivity index is 1.49. The molecule has 1 aliphatic rings. The van der Waals surface area contributed by atoms with Crippen molar-refractivity contribution >= 4 is 17.4 Å². The molecule has 1 aliphatic heterocycles. The molecule has 0 aliphatic carbocycles. The van der Waals surface area contributed by atoms with Gasteiger partial charge in [0.15, 0.2) is 5.69 Å². The van der Waals surface area contributed by atoms with Crippen LogP contribution in [0.4, 0.5) is 17.6 Å². The molecule has 4 rings (SSSR count). The Morgan fingerprint density at radius 1 is 0.972 bits per heavy atom. The number of carboxylic acids is 1. The lowest BCUT2D eigenvalue weighted by Gasteiger charge is -2.33. The average molecular weight is 503 g/mol. The second-order valence-corrected chi connectivity index (χ2v) is 8.17. The van der Waals surface area contributed by atoms with Crippen molar-refractivity contribution < 1.29 is 36.7 Å². The van der Waals surface area contributed by atoms with Gasteiger partial charge >= 0.3 is 12.1 Å². The molecule has 1 N–H and O–H groups in total. The zero-order valence-electron chi connectivity index (χ0n) is 18.8. The van der Waals surface area contributed by atoms with Crippen LogP contribution in [0.1, 0.15) is 33.1 Å². The summed E-state index contributed by atoms with van der Waals surface area (Å²) in [5.41, 5.74) is 0.257. The Bertz CT molecular complexity index is 1260. The highest BCUT2D eigenvalue weighted by molar-refractivity contribution is 5.99. The van der Waals surface area contributed by atoms with Crippen molar-refractivity contribution in [1.82, 2.24) is 14.8 Å². The molecule has 1 saturated heterocycles. The van der Waals surface area contributed by atoms with Crippen LogP contribution in [-0.4, -0.2) is 57.9 Å². The molecule has 36 heavy (non-hydrogen) atoms. The fourth-order valence-corrected chi connectivity index (χ4v) is 3.82. The van der Waals surface area contributed by atoms with E-state index in [-0.39, 0.29) is 24.0 Å². The Labute approximate surface area is 203 Å². The number of hydrogen-bond donors (Lipinski definition) is 1. The third-order valence-corrected chi connectivity index (χ3v) is 5.76. The maximum atomic E-state index is 13.5. The summed E-state index contributed by atoms with van der Waals surface area (Å²) >= 11 is 0. The van der Waals surface area contributed by atoms with Crippen molar-refractivity contribution in [2.24, 2.45) is 0 Å². The van der Waals surface area contributed by atoms with Gasteiger partial charge in [-0.1, -0.05) is 24.3 Å². The number of rotatable bonds is 6. The van der Waals surface area contributed by atoms with Gasteiger partial charge in [-0.2, -0.15) is 13.2 Å². The van der Waals surface area contributed by atoms with Crippen LogP contribution in [0, 0.1) is 5.82 Å². The molecule has 7 nitrogen and oxygen atoms in total. The number of carboxylic acid groups (broad SMARTS) is 1. The summed E-state index contributed by atoms with van der Waals surface area (Å²) in [5.74, 6) is -1.74. The van der Waals surface area contributed by atoms with Crippen molar-refractivity contribution in [3.63, 3.8) is 0 Å². The minimum absolute atomic E-state index is 0.180. The Morgan fingerprint density at radius 3 is 2.08 bits per heavy atom. The molecule has 1 fully saturated rings. The van der Waals surface area contributed by atoms with Crippen LogP contribution in [0.25, 0.3) is 5.57 Å². The van der Waals surface area contributed by atoms with Crippen LogP contribution < -0.4 is 0 Å². The number of benzene rings is 2. The first-order valence-corrected chi connectivity index (χ1v) is 10.9. The molecule has 188 valence electrons. The fraction of sp³-hybridized carbons (Fsp3) is 0.240. The lowest BCUT2D eigenvalue weighted by atomic mass is 9.96. The van der Waals surface area contributed by atoms with E-state index in [0.717, 1.165) is 18.4 Å². The molecular formula is C25H21F4N3O4. The first-order valence-electron chi connectivity index (χ1n) is 10.9. The highest BCUT2D eigenvalue weighted by atomic mass is 19.4. The van der Waals surface area contributed by atoms with Crippen LogP contribution in [0.2, 0.25) is 0 Å². The summed E-state index contributed by atoms with van der Waals surface area (Å²) in [4.78, 5) is 31.5. The number of amides is 1. The summed E-state index contributed by atoms with van der Waals surface area (Å²) < 4.78 is 57.6. The molecule has 0 bridgehead atoms. The van der Waals surface area contributed by atoms with E-state index in [2.05, 4.69) is 4.98 Å².